The maximum absolute atomic E-state index is 13.4. The Bertz CT molecular complexity index is 481. The summed E-state index contributed by atoms with van der Waals surface area (Å²) in [5, 5.41) is 9.61. The number of benzene rings is 1. The number of hydrogen-bond acceptors (Lipinski definition) is 4. The predicted octanol–water partition coefficient (Wildman–Crippen LogP) is 2.05. The van der Waals surface area contributed by atoms with Crippen LogP contribution in [0.5, 0.6) is 0 Å². The van der Waals surface area contributed by atoms with Gasteiger partial charge < -0.3 is 15.7 Å². The lowest BCUT2D eigenvalue weighted by Crippen LogP contribution is -2.37. The molecule has 0 aliphatic carbocycles. The molecule has 1 aromatic rings. The Balaban J connectivity index is 2.43. The van der Waals surface area contributed by atoms with E-state index < -0.39 is 11.8 Å². The van der Waals surface area contributed by atoms with Gasteiger partial charge in [0.2, 0.25) is 0 Å². The quantitative estimate of drug-likeness (QED) is 0.805. The molecule has 1 unspecified atom stereocenters. The van der Waals surface area contributed by atoms with Crippen molar-refractivity contribution < 1.29 is 14.3 Å². The van der Waals surface area contributed by atoms with E-state index in [1.54, 1.807) is 0 Å². The van der Waals surface area contributed by atoms with Crippen LogP contribution < -0.4 is 10.6 Å². The number of aromatic carboxylic acids is 1. The number of carboxylic acid groups (broad SMARTS) is 1. The fourth-order valence-electron chi connectivity index (χ4n) is 2.11. The first-order valence-electron chi connectivity index (χ1n) is 5.68. The van der Waals surface area contributed by atoms with Crippen LogP contribution in [0.1, 0.15) is 17.3 Å². The molecule has 1 atom stereocenters. The summed E-state index contributed by atoms with van der Waals surface area (Å²) in [6, 6.07) is 2.72. The van der Waals surface area contributed by atoms with Crippen molar-refractivity contribution in [1.29, 1.82) is 0 Å². The molecular formula is C12H15FN2O2S. The van der Waals surface area contributed by atoms with Crippen LogP contribution in [0, 0.1) is 5.82 Å². The molecule has 3 N–H and O–H groups in total. The number of carbonyl (C=O) groups is 1. The van der Waals surface area contributed by atoms with Gasteiger partial charge in [0.15, 0.2) is 0 Å². The highest BCUT2D eigenvalue weighted by atomic mass is 32.2. The lowest BCUT2D eigenvalue weighted by atomic mass is 10.1. The second kappa shape index (κ2) is 5.06. The van der Waals surface area contributed by atoms with E-state index in [1.165, 1.54) is 12.1 Å². The maximum atomic E-state index is 13.4. The van der Waals surface area contributed by atoms with Gasteiger partial charge in [0.25, 0.3) is 0 Å². The number of anilines is 2. The van der Waals surface area contributed by atoms with E-state index in [-0.39, 0.29) is 11.3 Å². The molecule has 0 aromatic heterocycles. The van der Waals surface area contributed by atoms with Gasteiger partial charge >= 0.3 is 5.97 Å². The van der Waals surface area contributed by atoms with Gasteiger partial charge in [-0.05, 0) is 12.1 Å². The van der Waals surface area contributed by atoms with Crippen LogP contribution in [-0.2, 0) is 0 Å². The van der Waals surface area contributed by atoms with E-state index >= 15 is 0 Å². The number of nitrogens with two attached hydrogens (primary N) is 1. The Morgan fingerprint density at radius 2 is 2.33 bits per heavy atom. The molecule has 0 amide bonds. The maximum Gasteiger partial charge on any atom is 0.340 e. The van der Waals surface area contributed by atoms with Crippen LogP contribution in [0.3, 0.4) is 0 Å². The predicted molar refractivity (Wildman–Crippen MR) is 71.9 cm³/mol. The molecule has 4 nitrogen and oxygen atoms in total. The number of rotatable bonds is 2. The molecule has 1 aromatic carbocycles. The Hall–Kier alpha value is -1.43. The van der Waals surface area contributed by atoms with Crippen LogP contribution in [-0.4, -0.2) is 35.2 Å². The lowest BCUT2D eigenvalue weighted by Gasteiger charge is -2.33. The number of carboxylic acids is 1. The molecule has 0 radical (unpaired) electrons. The van der Waals surface area contributed by atoms with Crippen LogP contribution >= 0.6 is 11.8 Å². The summed E-state index contributed by atoms with van der Waals surface area (Å²) < 4.78 is 13.4. The van der Waals surface area contributed by atoms with E-state index in [1.807, 2.05) is 16.7 Å². The second-order valence-corrected chi connectivity index (χ2v) is 5.83. The SMILES string of the molecule is CC1CN(c2ccc(F)c(N)c2C(=O)O)CCS1. The van der Waals surface area contributed by atoms with Crippen LogP contribution in [0.15, 0.2) is 12.1 Å². The van der Waals surface area contributed by atoms with Crippen LogP contribution in [0.2, 0.25) is 0 Å². The summed E-state index contributed by atoms with van der Waals surface area (Å²) in [6.45, 7) is 3.58. The minimum Gasteiger partial charge on any atom is -0.478 e. The van der Waals surface area contributed by atoms with Crippen LogP contribution in [0.25, 0.3) is 0 Å². The smallest absolute Gasteiger partial charge is 0.340 e. The Kier molecular flexibility index (Phi) is 3.65. The third-order valence-electron chi connectivity index (χ3n) is 2.97. The minimum atomic E-state index is -1.19. The molecule has 1 aliphatic heterocycles. The first kappa shape index (κ1) is 13.0. The average Bonchev–Trinajstić information content (AvgIpc) is 2.32. The largest absolute Gasteiger partial charge is 0.478 e. The van der Waals surface area contributed by atoms with E-state index in [0.29, 0.717) is 10.9 Å². The highest BCUT2D eigenvalue weighted by molar-refractivity contribution is 8.00. The van der Waals surface area contributed by atoms with E-state index in [0.717, 1.165) is 18.8 Å². The van der Waals surface area contributed by atoms with Gasteiger partial charge in [0.1, 0.15) is 11.4 Å². The number of nitrogen functional groups attached to an aromatic ring is 1. The zero-order chi connectivity index (χ0) is 13.3. The zero-order valence-corrected chi connectivity index (χ0v) is 10.8. The molecule has 6 heteroatoms. The lowest BCUT2D eigenvalue weighted by molar-refractivity contribution is 0.0698. The highest BCUT2D eigenvalue weighted by Gasteiger charge is 2.24. The number of nitrogens with zero attached hydrogens (tertiary/aromatic N) is 1. The van der Waals surface area contributed by atoms with E-state index in [2.05, 4.69) is 6.92 Å². The molecule has 18 heavy (non-hydrogen) atoms. The van der Waals surface area contributed by atoms with Gasteiger partial charge in [0, 0.05) is 24.1 Å². The molecular weight excluding hydrogens is 255 g/mol. The van der Waals surface area contributed by atoms with Gasteiger partial charge in [0.05, 0.1) is 11.4 Å². The molecule has 0 spiro atoms. The summed E-state index contributed by atoms with van der Waals surface area (Å²) in [5.74, 6) is -0.944. The van der Waals surface area contributed by atoms with Crippen molar-refractivity contribution in [3.05, 3.63) is 23.5 Å². The molecule has 0 saturated carbocycles. The van der Waals surface area contributed by atoms with Gasteiger partial charge in [-0.3, -0.25) is 0 Å². The van der Waals surface area contributed by atoms with Crippen molar-refractivity contribution in [3.63, 3.8) is 0 Å². The average molecular weight is 270 g/mol. The molecule has 98 valence electrons. The van der Waals surface area contributed by atoms with E-state index in [9.17, 15) is 14.3 Å². The summed E-state index contributed by atoms with van der Waals surface area (Å²) in [5.41, 5.74) is 5.63. The number of thioether (sulfide) groups is 1. The minimum absolute atomic E-state index is 0.130. The van der Waals surface area contributed by atoms with Crippen LogP contribution in [0.4, 0.5) is 15.8 Å². The van der Waals surface area contributed by atoms with Gasteiger partial charge in [-0.25, -0.2) is 9.18 Å². The summed E-state index contributed by atoms with van der Waals surface area (Å²) in [4.78, 5) is 13.2. The molecule has 1 saturated heterocycles. The first-order valence-corrected chi connectivity index (χ1v) is 6.73. The van der Waals surface area contributed by atoms with Crippen molar-refractivity contribution in [2.45, 2.75) is 12.2 Å². The standard InChI is InChI=1S/C12H15FN2O2S/c1-7-6-15(4-5-18-7)9-3-2-8(13)11(14)10(9)12(16)17/h2-3,7H,4-6,14H2,1H3,(H,16,17). The fourth-order valence-corrected chi connectivity index (χ4v) is 3.12. The Labute approximate surface area is 109 Å². The molecule has 1 heterocycles. The summed E-state index contributed by atoms with van der Waals surface area (Å²) in [7, 11) is 0. The normalized spacial score (nSPS) is 19.9. The van der Waals surface area contributed by atoms with Crippen molar-refractivity contribution in [3.8, 4) is 0 Å². The Morgan fingerprint density at radius 3 is 2.94 bits per heavy atom. The topological polar surface area (TPSA) is 66.6 Å². The van der Waals surface area contributed by atoms with E-state index in [4.69, 9.17) is 5.73 Å². The van der Waals surface area contributed by atoms with Crippen molar-refractivity contribution >= 4 is 29.1 Å². The first-order chi connectivity index (χ1) is 8.50. The number of hydrogen-bond donors (Lipinski definition) is 2. The monoisotopic (exact) mass is 270 g/mol. The second-order valence-electron chi connectivity index (χ2n) is 4.29. The zero-order valence-electron chi connectivity index (χ0n) is 10.0. The van der Waals surface area contributed by atoms with Crippen molar-refractivity contribution in [2.75, 3.05) is 29.5 Å². The van der Waals surface area contributed by atoms with Gasteiger partial charge in [-0.1, -0.05) is 6.92 Å². The molecule has 2 rings (SSSR count). The summed E-state index contributed by atoms with van der Waals surface area (Å²) in [6.07, 6.45) is 0. The Morgan fingerprint density at radius 1 is 1.61 bits per heavy atom. The highest BCUT2D eigenvalue weighted by Crippen LogP contribution is 2.31. The van der Waals surface area contributed by atoms with Gasteiger partial charge in [-0.2, -0.15) is 11.8 Å². The third-order valence-corrected chi connectivity index (χ3v) is 4.10. The third kappa shape index (κ3) is 2.38. The summed E-state index contributed by atoms with van der Waals surface area (Å²) >= 11 is 1.84. The molecule has 0 bridgehead atoms. The molecule has 1 fully saturated rings. The number of halogens is 1. The fraction of sp³-hybridized carbons (Fsp3) is 0.417. The van der Waals surface area contributed by atoms with Crippen molar-refractivity contribution in [2.24, 2.45) is 0 Å². The molecule has 1 aliphatic rings. The van der Waals surface area contributed by atoms with Gasteiger partial charge in [-0.15, -0.1) is 0 Å². The van der Waals surface area contributed by atoms with Crippen molar-refractivity contribution in [1.82, 2.24) is 0 Å².